The fraction of sp³-hybridized carbons (Fsp3) is 0.143. The van der Waals surface area contributed by atoms with Crippen molar-refractivity contribution in [2.24, 2.45) is 0 Å². The van der Waals surface area contributed by atoms with Crippen LogP contribution in [-0.4, -0.2) is 16.1 Å². The number of aromatic nitrogens is 2. The van der Waals surface area contributed by atoms with Gasteiger partial charge in [0.1, 0.15) is 0 Å². The predicted molar refractivity (Wildman–Crippen MR) is 77.8 cm³/mol. The number of thiophene rings is 1. The molecule has 3 rings (SSSR count). The topological polar surface area (TPSA) is 57.8 Å². The molecule has 4 nitrogen and oxygen atoms in total. The summed E-state index contributed by atoms with van der Waals surface area (Å²) in [5, 5.41) is 10.8. The molecule has 0 spiro atoms. The number of H-pyrrole nitrogens is 1. The minimum Gasteiger partial charge on any atom is -0.304 e. The molecule has 0 aliphatic carbocycles. The van der Waals surface area contributed by atoms with Gasteiger partial charge in [0.15, 0.2) is 5.82 Å². The van der Waals surface area contributed by atoms with E-state index < -0.39 is 0 Å². The monoisotopic (exact) mass is 271 g/mol. The second-order valence-electron chi connectivity index (χ2n) is 4.44. The molecule has 5 heteroatoms. The standard InChI is InChI=1S/C14H13N3OS/c1-8-7-12(17-16-8)15-14(18)13-9(2)10-5-3-4-6-11(10)19-13/h3-7H,1-2H3,(H2,15,16,17,18). The van der Waals surface area contributed by atoms with E-state index in [-0.39, 0.29) is 5.91 Å². The maximum atomic E-state index is 12.3. The molecule has 0 aliphatic rings. The van der Waals surface area contributed by atoms with Crippen LogP contribution in [0, 0.1) is 13.8 Å². The Balaban J connectivity index is 1.95. The van der Waals surface area contributed by atoms with Gasteiger partial charge in [0.2, 0.25) is 0 Å². The maximum absolute atomic E-state index is 12.3. The van der Waals surface area contributed by atoms with Crippen molar-refractivity contribution in [3.63, 3.8) is 0 Å². The Morgan fingerprint density at radius 2 is 2.11 bits per heavy atom. The van der Waals surface area contributed by atoms with Gasteiger partial charge in [-0.3, -0.25) is 9.89 Å². The van der Waals surface area contributed by atoms with Gasteiger partial charge in [0.05, 0.1) is 4.88 Å². The largest absolute Gasteiger partial charge is 0.304 e. The quantitative estimate of drug-likeness (QED) is 0.749. The first-order valence-electron chi connectivity index (χ1n) is 5.96. The number of rotatable bonds is 2. The Labute approximate surface area is 114 Å². The lowest BCUT2D eigenvalue weighted by Crippen LogP contribution is -2.11. The molecule has 2 N–H and O–H groups in total. The first-order chi connectivity index (χ1) is 9.15. The molecular formula is C14H13N3OS. The van der Waals surface area contributed by atoms with E-state index in [1.165, 1.54) is 11.3 Å². The third kappa shape index (κ3) is 2.13. The van der Waals surface area contributed by atoms with E-state index in [9.17, 15) is 4.79 Å². The SMILES string of the molecule is Cc1cc(NC(=O)c2sc3ccccc3c2C)n[nH]1. The highest BCUT2D eigenvalue weighted by Gasteiger charge is 2.15. The number of carbonyl (C=O) groups excluding carboxylic acids is 1. The van der Waals surface area contributed by atoms with Crippen LogP contribution in [0.1, 0.15) is 20.9 Å². The molecule has 0 fully saturated rings. The fourth-order valence-corrected chi connectivity index (χ4v) is 3.15. The van der Waals surface area contributed by atoms with Crippen molar-refractivity contribution >= 4 is 33.1 Å². The number of hydrogen-bond acceptors (Lipinski definition) is 3. The van der Waals surface area contributed by atoms with Crippen LogP contribution in [0.5, 0.6) is 0 Å². The van der Waals surface area contributed by atoms with Crippen molar-refractivity contribution in [3.05, 3.63) is 46.5 Å². The van der Waals surface area contributed by atoms with Crippen molar-refractivity contribution in [2.45, 2.75) is 13.8 Å². The molecule has 0 aliphatic heterocycles. The highest BCUT2D eigenvalue weighted by atomic mass is 32.1. The van der Waals surface area contributed by atoms with Crippen LogP contribution in [0.3, 0.4) is 0 Å². The number of aryl methyl sites for hydroxylation is 2. The lowest BCUT2D eigenvalue weighted by Gasteiger charge is -2.00. The Bertz CT molecular complexity index is 757. The zero-order chi connectivity index (χ0) is 13.4. The molecule has 1 amide bonds. The third-order valence-corrected chi connectivity index (χ3v) is 4.27. The van der Waals surface area contributed by atoms with E-state index in [0.29, 0.717) is 5.82 Å². The summed E-state index contributed by atoms with van der Waals surface area (Å²) in [6.45, 7) is 3.87. The first kappa shape index (κ1) is 11.9. The summed E-state index contributed by atoms with van der Waals surface area (Å²) in [5.74, 6) is 0.449. The fourth-order valence-electron chi connectivity index (χ4n) is 2.05. The third-order valence-electron chi connectivity index (χ3n) is 3.00. The molecule has 3 aromatic rings. The highest BCUT2D eigenvalue weighted by molar-refractivity contribution is 7.21. The summed E-state index contributed by atoms with van der Waals surface area (Å²) in [6, 6.07) is 9.84. The van der Waals surface area contributed by atoms with Crippen LogP contribution < -0.4 is 5.32 Å². The number of fused-ring (bicyclic) bond motifs is 1. The number of amides is 1. The summed E-state index contributed by atoms with van der Waals surface area (Å²) in [4.78, 5) is 13.0. The Morgan fingerprint density at radius 3 is 2.79 bits per heavy atom. The molecule has 2 aromatic heterocycles. The molecule has 19 heavy (non-hydrogen) atoms. The van der Waals surface area contributed by atoms with Gasteiger partial charge in [-0.2, -0.15) is 5.10 Å². The number of nitrogens with zero attached hydrogens (tertiary/aromatic N) is 1. The van der Waals surface area contributed by atoms with Gasteiger partial charge < -0.3 is 5.32 Å². The van der Waals surface area contributed by atoms with Gasteiger partial charge in [0.25, 0.3) is 5.91 Å². The molecule has 96 valence electrons. The van der Waals surface area contributed by atoms with Gasteiger partial charge in [-0.25, -0.2) is 0 Å². The summed E-state index contributed by atoms with van der Waals surface area (Å²) < 4.78 is 1.13. The van der Waals surface area contributed by atoms with Crippen LogP contribution >= 0.6 is 11.3 Å². The van der Waals surface area contributed by atoms with Gasteiger partial charge in [0, 0.05) is 16.5 Å². The van der Waals surface area contributed by atoms with E-state index in [1.807, 2.05) is 38.1 Å². The number of anilines is 1. The van der Waals surface area contributed by atoms with Gasteiger partial charge in [-0.15, -0.1) is 11.3 Å². The molecule has 0 saturated heterocycles. The van der Waals surface area contributed by atoms with Crippen LogP contribution in [0.25, 0.3) is 10.1 Å². The summed E-state index contributed by atoms with van der Waals surface area (Å²) in [5.41, 5.74) is 1.94. The Morgan fingerprint density at radius 1 is 1.32 bits per heavy atom. The van der Waals surface area contributed by atoms with Crippen molar-refractivity contribution in [1.29, 1.82) is 0 Å². The Kier molecular flexibility index (Phi) is 2.83. The van der Waals surface area contributed by atoms with Gasteiger partial charge in [-0.05, 0) is 30.9 Å². The van der Waals surface area contributed by atoms with Crippen LogP contribution in [0.4, 0.5) is 5.82 Å². The number of aromatic amines is 1. The molecule has 0 radical (unpaired) electrons. The number of hydrogen-bond donors (Lipinski definition) is 2. The van der Waals surface area contributed by atoms with E-state index in [4.69, 9.17) is 0 Å². The van der Waals surface area contributed by atoms with Crippen molar-refractivity contribution in [3.8, 4) is 0 Å². The van der Waals surface area contributed by atoms with Crippen LogP contribution in [0.2, 0.25) is 0 Å². The minimum atomic E-state index is -0.106. The highest BCUT2D eigenvalue weighted by Crippen LogP contribution is 2.30. The van der Waals surface area contributed by atoms with Gasteiger partial charge >= 0.3 is 0 Å². The van der Waals surface area contributed by atoms with Crippen molar-refractivity contribution in [2.75, 3.05) is 5.32 Å². The normalized spacial score (nSPS) is 10.8. The zero-order valence-corrected chi connectivity index (χ0v) is 11.5. The average Bonchev–Trinajstić information content (AvgIpc) is 2.94. The van der Waals surface area contributed by atoms with E-state index in [2.05, 4.69) is 15.5 Å². The summed E-state index contributed by atoms with van der Waals surface area (Å²) in [7, 11) is 0. The number of benzene rings is 1. The van der Waals surface area contributed by atoms with E-state index in [0.717, 1.165) is 26.2 Å². The Hall–Kier alpha value is -2.14. The lowest BCUT2D eigenvalue weighted by molar-refractivity contribution is 0.102. The number of nitrogens with one attached hydrogen (secondary N) is 2. The molecule has 0 unspecified atom stereocenters. The molecule has 2 heterocycles. The van der Waals surface area contributed by atoms with E-state index >= 15 is 0 Å². The minimum absolute atomic E-state index is 0.106. The van der Waals surface area contributed by atoms with Crippen LogP contribution in [-0.2, 0) is 0 Å². The molecule has 0 saturated carbocycles. The second-order valence-corrected chi connectivity index (χ2v) is 5.49. The number of carbonyl (C=O) groups is 1. The van der Waals surface area contributed by atoms with Crippen molar-refractivity contribution in [1.82, 2.24) is 10.2 Å². The summed E-state index contributed by atoms with van der Waals surface area (Å²) >= 11 is 1.51. The van der Waals surface area contributed by atoms with Crippen molar-refractivity contribution < 1.29 is 4.79 Å². The average molecular weight is 271 g/mol. The predicted octanol–water partition coefficient (Wildman–Crippen LogP) is 3.49. The smallest absolute Gasteiger partial charge is 0.267 e. The second kappa shape index (κ2) is 4.51. The molecule has 0 bridgehead atoms. The molecular weight excluding hydrogens is 258 g/mol. The van der Waals surface area contributed by atoms with Crippen LogP contribution in [0.15, 0.2) is 30.3 Å². The molecule has 0 atom stereocenters. The summed E-state index contributed by atoms with van der Waals surface area (Å²) in [6.07, 6.45) is 0. The first-order valence-corrected chi connectivity index (χ1v) is 6.78. The molecule has 1 aromatic carbocycles. The van der Waals surface area contributed by atoms with Gasteiger partial charge in [-0.1, -0.05) is 18.2 Å². The lowest BCUT2D eigenvalue weighted by atomic mass is 10.1. The zero-order valence-electron chi connectivity index (χ0n) is 10.7. The maximum Gasteiger partial charge on any atom is 0.267 e. The van der Waals surface area contributed by atoms with E-state index in [1.54, 1.807) is 6.07 Å².